The van der Waals surface area contributed by atoms with Gasteiger partial charge >= 0.3 is 0 Å². The summed E-state index contributed by atoms with van der Waals surface area (Å²) in [6.07, 6.45) is 5.16. The van der Waals surface area contributed by atoms with Crippen molar-refractivity contribution < 1.29 is 9.22 Å². The Morgan fingerprint density at radius 3 is 2.41 bits per heavy atom. The monoisotopic (exact) mass is 540 g/mol. The molecule has 9 heteroatoms. The number of rotatable bonds is 9. The van der Waals surface area contributed by atoms with Gasteiger partial charge in [0, 0.05) is 36.3 Å². The van der Waals surface area contributed by atoms with Gasteiger partial charge in [-0.05, 0) is 71.7 Å². The Balaban J connectivity index is 1.33. The van der Waals surface area contributed by atoms with Gasteiger partial charge < -0.3 is 20.8 Å². The number of hydrogen-bond acceptors (Lipinski definition) is 7. The predicted octanol–water partition coefficient (Wildman–Crippen LogP) is 6.51. The molecule has 0 aliphatic rings. The second-order valence-electron chi connectivity index (χ2n) is 11.0. The van der Waals surface area contributed by atoms with Gasteiger partial charge in [-0.15, -0.1) is 0 Å². The molecule has 0 saturated carbocycles. The Bertz CT molecular complexity index is 1420. The minimum absolute atomic E-state index is 0.137. The van der Waals surface area contributed by atoms with Crippen LogP contribution in [0, 0.1) is 0 Å². The average Bonchev–Trinajstić information content (AvgIpc) is 2.92. The van der Waals surface area contributed by atoms with E-state index in [1.807, 2.05) is 48.5 Å². The molecule has 2 aromatic heterocycles. The quantitative estimate of drug-likeness (QED) is 0.164. The van der Waals surface area contributed by atoms with Crippen molar-refractivity contribution in [2.75, 3.05) is 16.4 Å². The Morgan fingerprint density at radius 1 is 1.00 bits per heavy atom. The van der Waals surface area contributed by atoms with E-state index in [1.165, 1.54) is 0 Å². The minimum Gasteiger partial charge on any atom is -0.413 e. The number of nitrogen functional groups attached to an aromatic ring is 1. The van der Waals surface area contributed by atoms with Crippen LogP contribution in [0.3, 0.4) is 0 Å². The van der Waals surface area contributed by atoms with Crippen LogP contribution in [-0.4, -0.2) is 29.2 Å². The first-order valence-electron chi connectivity index (χ1n) is 12.9. The summed E-state index contributed by atoms with van der Waals surface area (Å²) in [4.78, 5) is 25.9. The molecular weight excluding hydrogens is 504 g/mol. The number of nitrogens with one attached hydrogen (secondary N) is 2. The van der Waals surface area contributed by atoms with E-state index in [0.29, 0.717) is 41.7 Å². The van der Waals surface area contributed by atoms with E-state index in [0.717, 1.165) is 16.7 Å². The second kappa shape index (κ2) is 11.8. The highest BCUT2D eigenvalue weighted by Gasteiger charge is 2.37. The lowest BCUT2D eigenvalue weighted by molar-refractivity contribution is 0.102. The number of nitrogens with two attached hydrogens (primary N) is 1. The molecule has 39 heavy (non-hydrogen) atoms. The number of benzene rings is 2. The van der Waals surface area contributed by atoms with Crippen LogP contribution in [0.1, 0.15) is 42.3 Å². The fraction of sp³-hybridized carbons (Fsp3) is 0.267. The van der Waals surface area contributed by atoms with Gasteiger partial charge in [0.25, 0.3) is 5.91 Å². The summed E-state index contributed by atoms with van der Waals surface area (Å²) in [6.45, 7) is 12.2. The molecule has 4 N–H and O–H groups in total. The average molecular weight is 541 g/mol. The normalized spacial score (nSPS) is 11.7. The maximum Gasteiger partial charge on any atom is 0.255 e. The first-order valence-corrected chi connectivity index (χ1v) is 15.8. The number of carbonyl (C=O) groups is 1. The zero-order valence-electron chi connectivity index (χ0n) is 23.2. The molecule has 4 aromatic rings. The van der Waals surface area contributed by atoms with E-state index in [1.54, 1.807) is 30.7 Å². The summed E-state index contributed by atoms with van der Waals surface area (Å²) >= 11 is 0. The molecule has 8 nitrogen and oxygen atoms in total. The number of anilines is 3. The first kappa shape index (κ1) is 27.9. The van der Waals surface area contributed by atoms with Gasteiger partial charge in [-0.1, -0.05) is 39.0 Å². The van der Waals surface area contributed by atoms with Gasteiger partial charge in [0.15, 0.2) is 14.1 Å². The van der Waals surface area contributed by atoms with Crippen molar-refractivity contribution in [3.8, 4) is 11.4 Å². The number of amides is 1. The number of nitrogens with zero attached hydrogens (tertiary/aromatic N) is 3. The summed E-state index contributed by atoms with van der Waals surface area (Å²) in [7, 11) is -1.86. The molecule has 0 saturated heterocycles. The molecule has 2 heterocycles. The van der Waals surface area contributed by atoms with Gasteiger partial charge in [0.1, 0.15) is 5.82 Å². The van der Waals surface area contributed by atoms with E-state index in [2.05, 4.69) is 59.5 Å². The van der Waals surface area contributed by atoms with Crippen molar-refractivity contribution in [2.24, 2.45) is 0 Å². The van der Waals surface area contributed by atoms with Crippen molar-refractivity contribution >= 4 is 31.4 Å². The molecule has 2 aromatic carbocycles. The van der Waals surface area contributed by atoms with Gasteiger partial charge in [-0.25, -0.2) is 9.97 Å². The highest BCUT2D eigenvalue weighted by atomic mass is 28.4. The van der Waals surface area contributed by atoms with Crippen LogP contribution in [-0.2, 0) is 17.6 Å². The summed E-state index contributed by atoms with van der Waals surface area (Å²) in [6, 6.07) is 18.6. The molecule has 0 aliphatic heterocycles. The largest absolute Gasteiger partial charge is 0.413 e. The predicted molar refractivity (Wildman–Crippen MR) is 160 cm³/mol. The van der Waals surface area contributed by atoms with E-state index < -0.39 is 8.32 Å². The summed E-state index contributed by atoms with van der Waals surface area (Å²) < 4.78 is 6.29. The lowest BCUT2D eigenvalue weighted by atomic mass is 10.1. The van der Waals surface area contributed by atoms with Crippen molar-refractivity contribution in [2.45, 2.75) is 52.1 Å². The Morgan fingerprint density at radius 2 is 1.74 bits per heavy atom. The van der Waals surface area contributed by atoms with Gasteiger partial charge in [0.05, 0.1) is 18.0 Å². The minimum atomic E-state index is -1.86. The highest BCUT2D eigenvalue weighted by Crippen LogP contribution is 2.37. The van der Waals surface area contributed by atoms with Crippen molar-refractivity contribution in [3.63, 3.8) is 0 Å². The fourth-order valence-electron chi connectivity index (χ4n) is 3.55. The van der Waals surface area contributed by atoms with E-state index in [9.17, 15) is 4.79 Å². The maximum atomic E-state index is 12.9. The van der Waals surface area contributed by atoms with Crippen LogP contribution >= 0.6 is 0 Å². The number of aromatic nitrogens is 3. The molecule has 0 atom stereocenters. The third kappa shape index (κ3) is 7.27. The number of hydrogen-bond donors (Lipinski definition) is 3. The lowest BCUT2D eigenvalue weighted by Gasteiger charge is -2.36. The standard InChI is InChI=1S/C30H36N6O2Si/c1-30(2,3)39(4,5)38-20-22-10-13-26(25(31)17-22)35-29(37)23-11-8-21(9-12-23)18-34-27-14-16-33-28(36-27)24-7-6-15-32-19-24/h6-17,19H,18,20,31H2,1-5H3,(H,35,37)(H,33,34,36). The van der Waals surface area contributed by atoms with Gasteiger partial charge in [-0.3, -0.25) is 9.78 Å². The van der Waals surface area contributed by atoms with E-state index >= 15 is 0 Å². The zero-order valence-corrected chi connectivity index (χ0v) is 24.2. The summed E-state index contributed by atoms with van der Waals surface area (Å²) in [5, 5.41) is 6.36. The second-order valence-corrected chi connectivity index (χ2v) is 15.8. The first-order chi connectivity index (χ1) is 18.5. The third-order valence-corrected chi connectivity index (χ3v) is 11.5. The third-order valence-electron chi connectivity index (χ3n) is 7.04. The Labute approximate surface area is 231 Å². The highest BCUT2D eigenvalue weighted by molar-refractivity contribution is 6.74. The Hall–Kier alpha value is -4.08. The lowest BCUT2D eigenvalue weighted by Crippen LogP contribution is -2.40. The number of pyridine rings is 1. The number of carbonyl (C=O) groups excluding carboxylic acids is 1. The van der Waals surface area contributed by atoms with Gasteiger partial charge in [-0.2, -0.15) is 0 Å². The van der Waals surface area contributed by atoms with Gasteiger partial charge in [0.2, 0.25) is 0 Å². The molecule has 0 unspecified atom stereocenters. The molecule has 0 fully saturated rings. The molecule has 0 spiro atoms. The fourth-order valence-corrected chi connectivity index (χ4v) is 4.51. The van der Waals surface area contributed by atoms with Crippen molar-refractivity contribution in [1.82, 2.24) is 15.0 Å². The smallest absolute Gasteiger partial charge is 0.255 e. The molecule has 1 amide bonds. The summed E-state index contributed by atoms with van der Waals surface area (Å²) in [5.41, 5.74) is 10.7. The molecule has 4 rings (SSSR count). The SMILES string of the molecule is CC(C)(C)[Si](C)(C)OCc1ccc(NC(=O)c2ccc(CNc3ccnc(-c4cccnc4)n3)cc2)c(N)c1. The van der Waals surface area contributed by atoms with Crippen LogP contribution in [0.25, 0.3) is 11.4 Å². The molecule has 0 bridgehead atoms. The maximum absolute atomic E-state index is 12.9. The molecule has 0 radical (unpaired) electrons. The topological polar surface area (TPSA) is 115 Å². The molecule has 0 aliphatic carbocycles. The van der Waals surface area contributed by atoms with Crippen molar-refractivity contribution in [3.05, 3.63) is 95.9 Å². The van der Waals surface area contributed by atoms with Crippen LogP contribution in [0.2, 0.25) is 18.1 Å². The Kier molecular flexibility index (Phi) is 8.42. The van der Waals surface area contributed by atoms with Crippen LogP contribution in [0.4, 0.5) is 17.2 Å². The van der Waals surface area contributed by atoms with E-state index in [-0.39, 0.29) is 10.9 Å². The summed E-state index contributed by atoms with van der Waals surface area (Å²) in [5.74, 6) is 1.10. The van der Waals surface area contributed by atoms with Crippen molar-refractivity contribution in [1.29, 1.82) is 0 Å². The van der Waals surface area contributed by atoms with Crippen LogP contribution in [0.5, 0.6) is 0 Å². The molecular formula is C30H36N6O2Si. The zero-order chi connectivity index (χ0) is 28.0. The van der Waals surface area contributed by atoms with Crippen LogP contribution in [0.15, 0.2) is 79.3 Å². The van der Waals surface area contributed by atoms with Crippen LogP contribution < -0.4 is 16.4 Å². The van der Waals surface area contributed by atoms with E-state index in [4.69, 9.17) is 10.2 Å². The molecule has 202 valence electrons.